The molecule has 21 heavy (non-hydrogen) atoms. The zero-order valence-corrected chi connectivity index (χ0v) is 13.3. The number of hydrogen-bond donors (Lipinski definition) is 1. The molecular formula is C15H14FN3S2. The van der Waals surface area contributed by atoms with Gasteiger partial charge in [-0.2, -0.15) is 0 Å². The van der Waals surface area contributed by atoms with Gasteiger partial charge in [-0.15, -0.1) is 23.1 Å². The summed E-state index contributed by atoms with van der Waals surface area (Å²) in [6, 6.07) is 8.66. The molecule has 0 atom stereocenters. The molecule has 1 aromatic carbocycles. The van der Waals surface area contributed by atoms with Gasteiger partial charge < -0.3 is 5.32 Å². The monoisotopic (exact) mass is 319 g/mol. The van der Waals surface area contributed by atoms with Crippen molar-refractivity contribution in [2.75, 3.05) is 12.4 Å². The minimum absolute atomic E-state index is 0.221. The molecule has 1 N–H and O–H groups in total. The fraction of sp³-hybridized carbons (Fsp3) is 0.200. The average molecular weight is 319 g/mol. The van der Waals surface area contributed by atoms with E-state index in [4.69, 9.17) is 0 Å². The van der Waals surface area contributed by atoms with Gasteiger partial charge in [0.1, 0.15) is 22.3 Å². The van der Waals surface area contributed by atoms with Gasteiger partial charge in [0, 0.05) is 16.8 Å². The zero-order chi connectivity index (χ0) is 14.8. The lowest BCUT2D eigenvalue weighted by Gasteiger charge is -2.05. The standard InChI is InChI=1S/C15H14FN3S2/c1-9-6-12-14(17-2)18-13(19-15(12)21-9)8-20-11-5-3-4-10(16)7-11/h3-7H,8H2,1-2H3,(H,17,18,19). The predicted molar refractivity (Wildman–Crippen MR) is 87.7 cm³/mol. The van der Waals surface area contributed by atoms with E-state index < -0.39 is 0 Å². The first-order chi connectivity index (χ1) is 10.2. The van der Waals surface area contributed by atoms with Crippen LogP contribution in [0.25, 0.3) is 10.2 Å². The number of nitrogens with zero attached hydrogens (tertiary/aromatic N) is 2. The van der Waals surface area contributed by atoms with E-state index in [-0.39, 0.29) is 5.82 Å². The van der Waals surface area contributed by atoms with Crippen molar-refractivity contribution < 1.29 is 4.39 Å². The number of fused-ring (bicyclic) bond motifs is 1. The minimum Gasteiger partial charge on any atom is -0.372 e. The molecule has 0 aliphatic carbocycles. The highest BCUT2D eigenvalue weighted by atomic mass is 32.2. The molecule has 0 aliphatic rings. The topological polar surface area (TPSA) is 37.8 Å². The summed E-state index contributed by atoms with van der Waals surface area (Å²) in [5.74, 6) is 1.99. The number of nitrogens with one attached hydrogen (secondary N) is 1. The molecule has 0 unspecified atom stereocenters. The Labute approximate surface area is 130 Å². The zero-order valence-electron chi connectivity index (χ0n) is 11.7. The number of anilines is 1. The van der Waals surface area contributed by atoms with Gasteiger partial charge in [0.2, 0.25) is 0 Å². The predicted octanol–water partition coefficient (Wildman–Crippen LogP) is 4.47. The number of thioether (sulfide) groups is 1. The van der Waals surface area contributed by atoms with Gasteiger partial charge >= 0.3 is 0 Å². The van der Waals surface area contributed by atoms with Crippen LogP contribution in [0.3, 0.4) is 0 Å². The van der Waals surface area contributed by atoms with Crippen LogP contribution in [-0.4, -0.2) is 17.0 Å². The van der Waals surface area contributed by atoms with Crippen LogP contribution in [-0.2, 0) is 5.75 Å². The number of aryl methyl sites for hydroxylation is 1. The first kappa shape index (κ1) is 14.3. The number of aromatic nitrogens is 2. The molecule has 0 aliphatic heterocycles. The molecule has 0 saturated carbocycles. The summed E-state index contributed by atoms with van der Waals surface area (Å²) in [6.45, 7) is 2.06. The molecule has 0 saturated heterocycles. The van der Waals surface area contributed by atoms with Crippen molar-refractivity contribution in [2.45, 2.75) is 17.6 Å². The Morgan fingerprint density at radius 2 is 2.14 bits per heavy atom. The number of rotatable bonds is 4. The van der Waals surface area contributed by atoms with Crippen molar-refractivity contribution in [1.29, 1.82) is 0 Å². The van der Waals surface area contributed by atoms with E-state index in [2.05, 4.69) is 28.3 Å². The van der Waals surface area contributed by atoms with Crippen LogP contribution in [0, 0.1) is 12.7 Å². The van der Waals surface area contributed by atoms with E-state index in [1.807, 2.05) is 13.1 Å². The summed E-state index contributed by atoms with van der Waals surface area (Å²) in [4.78, 5) is 12.2. The molecule has 108 valence electrons. The number of hydrogen-bond acceptors (Lipinski definition) is 5. The Morgan fingerprint density at radius 1 is 1.29 bits per heavy atom. The second kappa shape index (κ2) is 5.99. The molecule has 0 amide bonds. The maximum atomic E-state index is 13.2. The smallest absolute Gasteiger partial charge is 0.142 e. The number of benzene rings is 1. The van der Waals surface area contributed by atoms with Gasteiger partial charge in [-0.1, -0.05) is 6.07 Å². The van der Waals surface area contributed by atoms with Gasteiger partial charge in [0.25, 0.3) is 0 Å². The molecule has 2 aromatic heterocycles. The first-order valence-corrected chi connectivity index (χ1v) is 8.29. The van der Waals surface area contributed by atoms with Crippen LogP contribution in [0.4, 0.5) is 10.2 Å². The van der Waals surface area contributed by atoms with E-state index in [1.165, 1.54) is 28.8 Å². The third-order valence-electron chi connectivity index (χ3n) is 2.96. The minimum atomic E-state index is -0.221. The molecular weight excluding hydrogens is 305 g/mol. The molecule has 6 heteroatoms. The van der Waals surface area contributed by atoms with E-state index in [0.717, 1.165) is 26.8 Å². The fourth-order valence-electron chi connectivity index (χ4n) is 2.05. The van der Waals surface area contributed by atoms with Crippen LogP contribution in [0.5, 0.6) is 0 Å². The van der Waals surface area contributed by atoms with Crippen molar-refractivity contribution in [3.63, 3.8) is 0 Å². The summed E-state index contributed by atoms with van der Waals surface area (Å²) in [5, 5.41) is 4.17. The fourth-order valence-corrected chi connectivity index (χ4v) is 3.74. The van der Waals surface area contributed by atoms with Crippen LogP contribution in [0.1, 0.15) is 10.7 Å². The maximum Gasteiger partial charge on any atom is 0.142 e. The first-order valence-electron chi connectivity index (χ1n) is 6.49. The van der Waals surface area contributed by atoms with E-state index in [9.17, 15) is 4.39 Å². The lowest BCUT2D eigenvalue weighted by molar-refractivity contribution is 0.624. The van der Waals surface area contributed by atoms with Crippen LogP contribution < -0.4 is 5.32 Å². The molecule has 3 nitrogen and oxygen atoms in total. The molecule has 0 fully saturated rings. The molecule has 2 heterocycles. The summed E-state index contributed by atoms with van der Waals surface area (Å²) >= 11 is 3.19. The summed E-state index contributed by atoms with van der Waals surface area (Å²) in [5.41, 5.74) is 0. The summed E-state index contributed by atoms with van der Waals surface area (Å²) in [7, 11) is 1.86. The molecule has 3 rings (SSSR count). The van der Waals surface area contributed by atoms with Crippen LogP contribution in [0.15, 0.2) is 35.2 Å². The van der Waals surface area contributed by atoms with Gasteiger partial charge in [-0.3, -0.25) is 0 Å². The Morgan fingerprint density at radius 3 is 2.90 bits per heavy atom. The normalized spacial score (nSPS) is 11.0. The Kier molecular flexibility index (Phi) is 4.07. The third kappa shape index (κ3) is 3.16. The quantitative estimate of drug-likeness (QED) is 0.720. The molecule has 0 radical (unpaired) electrons. The Hall–Kier alpha value is -1.66. The van der Waals surface area contributed by atoms with Crippen molar-refractivity contribution in [3.05, 3.63) is 46.9 Å². The van der Waals surface area contributed by atoms with Gasteiger partial charge in [-0.25, -0.2) is 14.4 Å². The highest BCUT2D eigenvalue weighted by molar-refractivity contribution is 7.98. The van der Waals surface area contributed by atoms with Crippen molar-refractivity contribution >= 4 is 39.1 Å². The largest absolute Gasteiger partial charge is 0.372 e. The van der Waals surface area contributed by atoms with Crippen molar-refractivity contribution in [1.82, 2.24) is 9.97 Å². The highest BCUT2D eigenvalue weighted by Gasteiger charge is 2.10. The van der Waals surface area contributed by atoms with E-state index in [1.54, 1.807) is 17.4 Å². The average Bonchev–Trinajstić information content (AvgIpc) is 2.84. The number of halogens is 1. The second-order valence-electron chi connectivity index (χ2n) is 4.56. The van der Waals surface area contributed by atoms with Gasteiger partial charge in [-0.05, 0) is 31.2 Å². The van der Waals surface area contributed by atoms with Gasteiger partial charge in [0.15, 0.2) is 0 Å². The summed E-state index contributed by atoms with van der Waals surface area (Å²) in [6.07, 6.45) is 0. The lowest BCUT2D eigenvalue weighted by atomic mass is 10.3. The van der Waals surface area contributed by atoms with Crippen LogP contribution in [0.2, 0.25) is 0 Å². The highest BCUT2D eigenvalue weighted by Crippen LogP contribution is 2.30. The lowest BCUT2D eigenvalue weighted by Crippen LogP contribution is -1.99. The second-order valence-corrected chi connectivity index (χ2v) is 6.84. The maximum absolute atomic E-state index is 13.2. The Bertz CT molecular complexity index is 786. The van der Waals surface area contributed by atoms with Crippen LogP contribution >= 0.6 is 23.1 Å². The molecule has 0 spiro atoms. The van der Waals surface area contributed by atoms with Crippen molar-refractivity contribution in [3.8, 4) is 0 Å². The molecule has 0 bridgehead atoms. The number of thiophene rings is 1. The van der Waals surface area contributed by atoms with E-state index >= 15 is 0 Å². The summed E-state index contributed by atoms with van der Waals surface area (Å²) < 4.78 is 13.2. The van der Waals surface area contributed by atoms with Gasteiger partial charge in [0.05, 0.1) is 11.1 Å². The SMILES string of the molecule is CNc1nc(CSc2cccc(F)c2)nc2sc(C)cc12. The Balaban J connectivity index is 1.86. The van der Waals surface area contributed by atoms with Crippen molar-refractivity contribution in [2.24, 2.45) is 0 Å². The molecule has 3 aromatic rings. The van der Waals surface area contributed by atoms with E-state index in [0.29, 0.717) is 5.75 Å². The third-order valence-corrected chi connectivity index (χ3v) is 4.90.